The van der Waals surface area contributed by atoms with Crippen LogP contribution in [0.1, 0.15) is 41.5 Å². The largest absolute Gasteiger partial charge is 1.00 e. The third kappa shape index (κ3) is 5.39. The summed E-state index contributed by atoms with van der Waals surface area (Å²) in [5.74, 6) is 0. The van der Waals surface area contributed by atoms with Gasteiger partial charge in [-0.2, -0.15) is 5.10 Å². The second-order valence-corrected chi connectivity index (χ2v) is 11.1. The van der Waals surface area contributed by atoms with Crippen molar-refractivity contribution < 1.29 is 47.2 Å². The summed E-state index contributed by atoms with van der Waals surface area (Å²) in [6.45, 7) is 0.227. The second kappa shape index (κ2) is 10.4. The summed E-state index contributed by atoms with van der Waals surface area (Å²) >= 11 is 0. The molecule has 1 N–H and O–H groups in total. The molecule has 2 heterocycles. The number of likely N-dealkylation sites (N-methyl/N-ethyl adjacent to an activating group) is 1. The van der Waals surface area contributed by atoms with Gasteiger partial charge in [0.25, 0.3) is 10.2 Å². The number of anilines is 2. The van der Waals surface area contributed by atoms with E-state index in [1.165, 1.54) is 22.0 Å². The van der Waals surface area contributed by atoms with E-state index in [9.17, 15) is 17.6 Å². The topological polar surface area (TPSA) is 102 Å². The van der Waals surface area contributed by atoms with Gasteiger partial charge in [-0.15, -0.1) is 0 Å². The maximum absolute atomic E-state index is 13.9. The fourth-order valence-corrected chi connectivity index (χ4v) is 6.61. The Morgan fingerprint density at radius 2 is 1.86 bits per heavy atom. The van der Waals surface area contributed by atoms with Gasteiger partial charge in [0.1, 0.15) is 6.17 Å². The average Bonchev–Trinajstić information content (AvgIpc) is 3.53. The molecule has 2 atom stereocenters. The number of aromatic nitrogens is 2. The molecule has 3 aliphatic rings. The normalized spacial score (nSPS) is 21.3. The van der Waals surface area contributed by atoms with Crippen molar-refractivity contribution in [1.29, 1.82) is 0 Å². The molecular formula is C23H30FN6NaO3S. The molecular weight excluding hydrogens is 482 g/mol. The molecule has 5 rings (SSSR count). The number of amides is 2. The molecule has 12 heteroatoms. The van der Waals surface area contributed by atoms with E-state index in [2.05, 4.69) is 21.2 Å². The minimum absolute atomic E-state index is 0. The summed E-state index contributed by atoms with van der Waals surface area (Å²) in [6, 6.07) is 1.00. The molecule has 1 saturated heterocycles. The van der Waals surface area contributed by atoms with Crippen LogP contribution in [0, 0.1) is 0 Å². The van der Waals surface area contributed by atoms with Gasteiger partial charge in [0.15, 0.2) is 6.03 Å². The van der Waals surface area contributed by atoms with E-state index in [4.69, 9.17) is 0 Å². The van der Waals surface area contributed by atoms with E-state index in [0.717, 1.165) is 59.6 Å². The Balaban J connectivity index is 0.00000289. The van der Waals surface area contributed by atoms with Crippen molar-refractivity contribution in [2.45, 2.75) is 57.2 Å². The van der Waals surface area contributed by atoms with Gasteiger partial charge in [0.2, 0.25) is 0 Å². The van der Waals surface area contributed by atoms with Crippen molar-refractivity contribution in [3.63, 3.8) is 0 Å². The molecule has 0 radical (unpaired) electrons. The van der Waals surface area contributed by atoms with Gasteiger partial charge in [-0.3, -0.25) is 18.7 Å². The van der Waals surface area contributed by atoms with E-state index in [1.807, 2.05) is 0 Å². The molecule has 2 aromatic rings. The molecule has 0 bridgehead atoms. The van der Waals surface area contributed by atoms with Crippen LogP contribution in [0.3, 0.4) is 0 Å². The molecule has 9 nitrogen and oxygen atoms in total. The first-order valence-corrected chi connectivity index (χ1v) is 13.2. The van der Waals surface area contributed by atoms with Gasteiger partial charge in [-0.25, -0.2) is 12.8 Å². The molecule has 2 amide bonds. The summed E-state index contributed by atoms with van der Waals surface area (Å²) < 4.78 is 46.8. The minimum atomic E-state index is -4.39. The predicted molar refractivity (Wildman–Crippen MR) is 128 cm³/mol. The minimum Gasteiger partial charge on any atom is -0.423 e. The SMILES string of the molecule is CN1C[C@@H](F)C[C@@H]1CN(c1cnn(C)c1)S(=O)(=O)[N-]C(=O)Nc1c2c(cc3c1CCC3)CCC2.[Na+]. The van der Waals surface area contributed by atoms with Gasteiger partial charge in [0.05, 0.1) is 11.9 Å². The number of carbonyl (C=O) groups is 1. The number of hydrogen-bond donors (Lipinski definition) is 1. The standard InChI is InChI=1S/C23H31FN6O3S.Na/c1-28-12-17(24)10-18(28)14-30(19-11-25-29(2)13-19)34(32,33)27-23(31)26-22-20-7-3-5-15(20)9-16-6-4-8-21(16)22;/h9,11,13,17-18H,3-8,10,12,14H2,1-2H3,(H2,26,27,31);/q;+1/p-1/t17-,18+;/m0./s1. The maximum Gasteiger partial charge on any atom is 1.00 e. The zero-order valence-electron chi connectivity index (χ0n) is 20.5. The monoisotopic (exact) mass is 512 g/mol. The van der Waals surface area contributed by atoms with E-state index >= 15 is 0 Å². The first-order chi connectivity index (χ1) is 16.2. The number of carbonyl (C=O) groups excluding carboxylic acids is 1. The fourth-order valence-electron chi connectivity index (χ4n) is 5.54. The Bertz CT molecular complexity index is 1190. The molecule has 1 fully saturated rings. The van der Waals surface area contributed by atoms with Crippen LogP contribution in [0.2, 0.25) is 0 Å². The number of rotatable bonds is 6. The number of nitrogens with zero attached hydrogens (tertiary/aromatic N) is 5. The van der Waals surface area contributed by atoms with Crippen LogP contribution in [0.4, 0.5) is 20.6 Å². The quantitative estimate of drug-likeness (QED) is 0.554. The van der Waals surface area contributed by atoms with Crippen LogP contribution >= 0.6 is 0 Å². The smallest absolute Gasteiger partial charge is 0.423 e. The Hall–Kier alpha value is -1.66. The zero-order chi connectivity index (χ0) is 24.0. The summed E-state index contributed by atoms with van der Waals surface area (Å²) in [5, 5.41) is 6.88. The molecule has 1 aromatic heterocycles. The first kappa shape index (κ1) is 26.4. The first-order valence-electron chi connectivity index (χ1n) is 11.8. The number of halogens is 1. The van der Waals surface area contributed by atoms with Crippen molar-refractivity contribution >= 4 is 27.6 Å². The van der Waals surface area contributed by atoms with Crippen molar-refractivity contribution in [2.24, 2.45) is 7.05 Å². The molecule has 2 aliphatic carbocycles. The third-order valence-electron chi connectivity index (χ3n) is 7.17. The number of urea groups is 1. The van der Waals surface area contributed by atoms with Gasteiger partial charge < -0.3 is 10.0 Å². The van der Waals surface area contributed by atoms with Crippen LogP contribution < -0.4 is 39.2 Å². The number of benzene rings is 1. The van der Waals surface area contributed by atoms with Crippen LogP contribution in [-0.4, -0.2) is 61.5 Å². The molecule has 1 aliphatic heterocycles. The van der Waals surface area contributed by atoms with Crippen LogP contribution in [0.25, 0.3) is 4.72 Å². The van der Waals surface area contributed by atoms with E-state index in [0.29, 0.717) is 0 Å². The number of hydrogen-bond acceptors (Lipinski definition) is 5. The molecule has 35 heavy (non-hydrogen) atoms. The van der Waals surface area contributed by atoms with Gasteiger partial charge in [-0.05, 0) is 79.9 Å². The van der Waals surface area contributed by atoms with Crippen molar-refractivity contribution in [3.05, 3.63) is 45.4 Å². The molecule has 0 spiro atoms. The van der Waals surface area contributed by atoms with Crippen molar-refractivity contribution in [2.75, 3.05) is 29.8 Å². The summed E-state index contributed by atoms with van der Waals surface area (Å²) in [5.41, 5.74) is 5.72. The number of aryl methyl sites for hydroxylation is 3. The molecule has 0 unspecified atom stereocenters. The number of fused-ring (bicyclic) bond motifs is 2. The van der Waals surface area contributed by atoms with Gasteiger partial charge in [0, 0.05) is 32.4 Å². The number of nitrogens with one attached hydrogen (secondary N) is 1. The van der Waals surface area contributed by atoms with Crippen molar-refractivity contribution in [3.8, 4) is 0 Å². The van der Waals surface area contributed by atoms with E-state index < -0.39 is 22.4 Å². The fraction of sp³-hybridized carbons (Fsp3) is 0.565. The predicted octanol–water partition coefficient (Wildman–Crippen LogP) is 0.101. The molecule has 0 saturated carbocycles. The Morgan fingerprint density at radius 1 is 1.20 bits per heavy atom. The molecule has 184 valence electrons. The van der Waals surface area contributed by atoms with Crippen LogP contribution in [0.5, 0.6) is 0 Å². The average molecular weight is 513 g/mol. The summed E-state index contributed by atoms with van der Waals surface area (Å²) in [7, 11) is -0.957. The number of likely N-dealkylation sites (tertiary alicyclic amines) is 1. The Kier molecular flexibility index (Phi) is 7.82. The maximum atomic E-state index is 13.9. The van der Waals surface area contributed by atoms with Crippen molar-refractivity contribution in [1.82, 2.24) is 14.7 Å². The zero-order valence-corrected chi connectivity index (χ0v) is 23.3. The number of alkyl halides is 1. The van der Waals surface area contributed by atoms with Gasteiger partial charge in [-0.1, -0.05) is 6.07 Å². The Labute approximate surface area is 227 Å². The van der Waals surface area contributed by atoms with Gasteiger partial charge >= 0.3 is 29.6 Å². The third-order valence-corrected chi connectivity index (χ3v) is 8.49. The molecule has 1 aromatic carbocycles. The summed E-state index contributed by atoms with van der Waals surface area (Å²) in [6.07, 6.45) is 7.88. The van der Waals surface area contributed by atoms with E-state index in [1.54, 1.807) is 25.2 Å². The Morgan fingerprint density at radius 3 is 2.40 bits per heavy atom. The summed E-state index contributed by atoms with van der Waals surface area (Å²) in [4.78, 5) is 14.7. The van der Waals surface area contributed by atoms with E-state index in [-0.39, 0.29) is 60.8 Å². The van der Waals surface area contributed by atoms with Crippen LogP contribution in [-0.2, 0) is 42.9 Å². The van der Waals surface area contributed by atoms with Crippen LogP contribution in [0.15, 0.2) is 18.5 Å². The second-order valence-electron chi connectivity index (χ2n) is 9.56.